The molecule has 2 heterocycles. The molecule has 7 nitrogen and oxygen atoms in total. The van der Waals surface area contributed by atoms with Gasteiger partial charge in [-0.05, 0) is 44.0 Å². The molecule has 1 unspecified atom stereocenters. The van der Waals surface area contributed by atoms with E-state index in [1.807, 2.05) is 6.92 Å². The summed E-state index contributed by atoms with van der Waals surface area (Å²) >= 11 is 0. The molecule has 25 heavy (non-hydrogen) atoms. The van der Waals surface area contributed by atoms with Crippen LogP contribution >= 0.6 is 0 Å². The van der Waals surface area contributed by atoms with Crippen molar-refractivity contribution in [3.63, 3.8) is 0 Å². The number of rotatable bonds is 5. The van der Waals surface area contributed by atoms with E-state index in [9.17, 15) is 13.2 Å². The summed E-state index contributed by atoms with van der Waals surface area (Å²) < 4.78 is 26.3. The highest BCUT2D eigenvalue weighted by Gasteiger charge is 2.23. The van der Waals surface area contributed by atoms with Crippen LogP contribution in [0, 0.1) is 0 Å². The molecule has 0 amide bonds. The fourth-order valence-electron chi connectivity index (χ4n) is 3.25. The van der Waals surface area contributed by atoms with Gasteiger partial charge in [-0.3, -0.25) is 4.57 Å². The van der Waals surface area contributed by atoms with Crippen LogP contribution in [-0.2, 0) is 22.9 Å². The molecule has 0 aliphatic carbocycles. The molecule has 1 atom stereocenters. The SMILES string of the molecule is CCn1c(C2CCCNC2)nn(Cc2ccc(S(C)(=O)=O)cc2)c1=O. The summed E-state index contributed by atoms with van der Waals surface area (Å²) in [5.74, 6) is 1.10. The largest absolute Gasteiger partial charge is 0.346 e. The van der Waals surface area contributed by atoms with Crippen LogP contribution in [0.25, 0.3) is 0 Å². The summed E-state index contributed by atoms with van der Waals surface area (Å²) in [4.78, 5) is 12.9. The molecule has 1 aliphatic rings. The van der Waals surface area contributed by atoms with Gasteiger partial charge in [-0.15, -0.1) is 0 Å². The topological polar surface area (TPSA) is 86.0 Å². The molecular formula is C17H24N4O3S. The lowest BCUT2D eigenvalue weighted by Gasteiger charge is -2.21. The third kappa shape index (κ3) is 3.85. The van der Waals surface area contributed by atoms with Gasteiger partial charge in [-0.1, -0.05) is 12.1 Å². The predicted molar refractivity (Wildman–Crippen MR) is 95.7 cm³/mol. The van der Waals surface area contributed by atoms with Gasteiger partial charge in [-0.25, -0.2) is 17.9 Å². The first-order valence-corrected chi connectivity index (χ1v) is 10.5. The zero-order valence-electron chi connectivity index (χ0n) is 14.6. The van der Waals surface area contributed by atoms with Crippen LogP contribution in [0.3, 0.4) is 0 Å². The van der Waals surface area contributed by atoms with Crippen molar-refractivity contribution in [2.24, 2.45) is 0 Å². The second-order valence-corrected chi connectivity index (χ2v) is 8.52. The zero-order chi connectivity index (χ0) is 18.0. The number of benzene rings is 1. The Hall–Kier alpha value is -1.93. The Kier molecular flexibility index (Phi) is 5.10. The Morgan fingerprint density at radius 3 is 2.56 bits per heavy atom. The molecule has 0 saturated carbocycles. The van der Waals surface area contributed by atoms with Crippen molar-refractivity contribution in [1.82, 2.24) is 19.7 Å². The molecular weight excluding hydrogens is 340 g/mol. The maximum Gasteiger partial charge on any atom is 0.346 e. The van der Waals surface area contributed by atoms with Crippen LogP contribution in [0.2, 0.25) is 0 Å². The van der Waals surface area contributed by atoms with Gasteiger partial charge in [0.15, 0.2) is 9.84 Å². The third-order valence-electron chi connectivity index (χ3n) is 4.61. The van der Waals surface area contributed by atoms with E-state index in [1.165, 1.54) is 10.9 Å². The highest BCUT2D eigenvalue weighted by atomic mass is 32.2. The van der Waals surface area contributed by atoms with Crippen molar-refractivity contribution in [3.8, 4) is 0 Å². The van der Waals surface area contributed by atoms with E-state index in [4.69, 9.17) is 0 Å². The summed E-state index contributed by atoms with van der Waals surface area (Å²) in [5, 5.41) is 7.94. The van der Waals surface area contributed by atoms with Gasteiger partial charge < -0.3 is 5.32 Å². The zero-order valence-corrected chi connectivity index (χ0v) is 15.4. The second-order valence-electron chi connectivity index (χ2n) is 6.50. The van der Waals surface area contributed by atoms with Gasteiger partial charge in [0.1, 0.15) is 5.82 Å². The molecule has 136 valence electrons. The Morgan fingerprint density at radius 1 is 1.28 bits per heavy atom. The van der Waals surface area contributed by atoms with Crippen LogP contribution in [-0.4, -0.2) is 42.1 Å². The van der Waals surface area contributed by atoms with Crippen LogP contribution in [0.1, 0.15) is 37.1 Å². The van der Waals surface area contributed by atoms with Crippen LogP contribution in [0.4, 0.5) is 0 Å². The Labute approximate surface area is 147 Å². The number of sulfone groups is 1. The third-order valence-corrected chi connectivity index (χ3v) is 5.74. The maximum atomic E-state index is 12.6. The minimum Gasteiger partial charge on any atom is -0.316 e. The van der Waals surface area contributed by atoms with E-state index >= 15 is 0 Å². The maximum absolute atomic E-state index is 12.6. The van der Waals surface area contributed by atoms with E-state index in [0.29, 0.717) is 13.1 Å². The van der Waals surface area contributed by atoms with Crippen molar-refractivity contribution in [2.75, 3.05) is 19.3 Å². The average molecular weight is 364 g/mol. The lowest BCUT2D eigenvalue weighted by Crippen LogP contribution is -2.31. The first-order valence-electron chi connectivity index (χ1n) is 8.57. The molecule has 1 fully saturated rings. The second kappa shape index (κ2) is 7.13. The fourth-order valence-corrected chi connectivity index (χ4v) is 3.88. The predicted octanol–water partition coefficient (Wildman–Crippen LogP) is 0.983. The molecule has 1 saturated heterocycles. The number of aromatic nitrogens is 3. The number of nitrogens with zero attached hydrogens (tertiary/aromatic N) is 3. The highest BCUT2D eigenvalue weighted by Crippen LogP contribution is 2.21. The lowest BCUT2D eigenvalue weighted by atomic mass is 9.99. The van der Waals surface area contributed by atoms with Crippen molar-refractivity contribution in [2.45, 2.75) is 43.7 Å². The molecule has 2 aromatic rings. The normalized spacial score (nSPS) is 18.4. The molecule has 1 aromatic heterocycles. The smallest absolute Gasteiger partial charge is 0.316 e. The number of piperidine rings is 1. The van der Waals surface area contributed by atoms with Gasteiger partial charge in [0.2, 0.25) is 0 Å². The van der Waals surface area contributed by atoms with Gasteiger partial charge in [0, 0.05) is 25.3 Å². The molecule has 3 rings (SSSR count). The Bertz CT molecular complexity index is 891. The number of nitrogens with one attached hydrogen (secondary N) is 1. The Morgan fingerprint density at radius 2 is 2.00 bits per heavy atom. The summed E-state index contributed by atoms with van der Waals surface area (Å²) in [6, 6.07) is 6.60. The van der Waals surface area contributed by atoms with Crippen molar-refractivity contribution in [3.05, 3.63) is 46.1 Å². The van der Waals surface area contributed by atoms with Gasteiger partial charge >= 0.3 is 5.69 Å². The first-order chi connectivity index (χ1) is 11.9. The van der Waals surface area contributed by atoms with Crippen molar-refractivity contribution < 1.29 is 8.42 Å². The lowest BCUT2D eigenvalue weighted by molar-refractivity contribution is 0.431. The van der Waals surface area contributed by atoms with Crippen LogP contribution < -0.4 is 11.0 Å². The monoisotopic (exact) mass is 364 g/mol. The molecule has 1 N–H and O–H groups in total. The van der Waals surface area contributed by atoms with Crippen molar-refractivity contribution >= 4 is 9.84 Å². The summed E-state index contributed by atoms with van der Waals surface area (Å²) in [5.41, 5.74) is 0.735. The van der Waals surface area contributed by atoms with Crippen LogP contribution in [0.15, 0.2) is 34.0 Å². The molecule has 8 heteroatoms. The number of hydrogen-bond acceptors (Lipinski definition) is 5. The van der Waals surface area contributed by atoms with Gasteiger partial charge in [0.05, 0.1) is 11.4 Å². The minimum atomic E-state index is -3.22. The number of hydrogen-bond donors (Lipinski definition) is 1. The standard InChI is InChI=1S/C17H24N4O3S/c1-3-20-16(14-5-4-10-18-11-14)19-21(17(20)22)12-13-6-8-15(9-7-13)25(2,23)24/h6-9,14,18H,3-5,10-12H2,1-2H3. The van der Waals surface area contributed by atoms with E-state index in [2.05, 4.69) is 10.4 Å². The highest BCUT2D eigenvalue weighted by molar-refractivity contribution is 7.90. The molecule has 0 radical (unpaired) electrons. The van der Waals surface area contributed by atoms with E-state index in [1.54, 1.807) is 28.8 Å². The molecule has 0 spiro atoms. The van der Waals surface area contributed by atoms with E-state index in [-0.39, 0.29) is 16.5 Å². The van der Waals surface area contributed by atoms with Crippen LogP contribution in [0.5, 0.6) is 0 Å². The van der Waals surface area contributed by atoms with Gasteiger partial charge in [0.25, 0.3) is 0 Å². The quantitative estimate of drug-likeness (QED) is 0.855. The Balaban J connectivity index is 1.87. The fraction of sp³-hybridized carbons (Fsp3) is 0.529. The summed E-state index contributed by atoms with van der Waals surface area (Å²) in [6.07, 6.45) is 3.30. The van der Waals surface area contributed by atoms with E-state index < -0.39 is 9.84 Å². The minimum absolute atomic E-state index is 0.115. The molecule has 0 bridgehead atoms. The van der Waals surface area contributed by atoms with Gasteiger partial charge in [-0.2, -0.15) is 5.10 Å². The molecule has 1 aromatic carbocycles. The summed E-state index contributed by atoms with van der Waals surface area (Å²) in [7, 11) is -3.22. The molecule has 1 aliphatic heterocycles. The first kappa shape index (κ1) is 17.9. The average Bonchev–Trinajstić information content (AvgIpc) is 2.91. The van der Waals surface area contributed by atoms with Crippen molar-refractivity contribution in [1.29, 1.82) is 0 Å². The van der Waals surface area contributed by atoms with E-state index in [0.717, 1.165) is 37.3 Å². The summed E-state index contributed by atoms with van der Waals surface area (Å²) in [6.45, 7) is 4.74.